The molecule has 0 spiro atoms. The van der Waals surface area contributed by atoms with Gasteiger partial charge in [-0.05, 0) is 0 Å². The van der Waals surface area contributed by atoms with Crippen LogP contribution >= 0.6 is 0 Å². The predicted octanol–water partition coefficient (Wildman–Crippen LogP) is 0.305. The van der Waals surface area contributed by atoms with Crippen molar-refractivity contribution in [3.8, 4) is 0 Å². The van der Waals surface area contributed by atoms with Gasteiger partial charge in [-0.1, -0.05) is 0 Å². The molecular weight excluding hydrogens is 267 g/mol. The molecule has 2 N–H and O–H groups in total. The van der Waals surface area contributed by atoms with Crippen LogP contribution in [0.5, 0.6) is 0 Å². The Labute approximate surface area is 106 Å². The number of anilines is 1. The third kappa shape index (κ3) is 6.38. The van der Waals surface area contributed by atoms with Crippen molar-refractivity contribution in [3.63, 3.8) is 0 Å². The van der Waals surface area contributed by atoms with E-state index >= 15 is 0 Å². The van der Waals surface area contributed by atoms with Crippen LogP contribution in [-0.2, 0) is 16.1 Å². The maximum absolute atomic E-state index is 11.8. The minimum Gasteiger partial charge on any atom is -0.354 e. The Morgan fingerprint density at radius 3 is 2.68 bits per heavy atom. The van der Waals surface area contributed by atoms with Gasteiger partial charge in [-0.2, -0.15) is 23.1 Å². The van der Waals surface area contributed by atoms with E-state index in [4.69, 9.17) is 0 Å². The lowest BCUT2D eigenvalue weighted by atomic mass is 10.4. The van der Waals surface area contributed by atoms with Gasteiger partial charge in [0, 0.05) is 13.5 Å². The monoisotopic (exact) mass is 279 g/mol. The molecule has 0 unspecified atom stereocenters. The van der Waals surface area contributed by atoms with Crippen LogP contribution in [0.1, 0.15) is 13.3 Å². The molecule has 0 aliphatic rings. The molecule has 0 atom stereocenters. The first-order valence-corrected chi connectivity index (χ1v) is 5.27. The molecule has 1 aromatic heterocycles. The molecule has 0 fully saturated rings. The molecule has 2 amide bonds. The second kappa shape index (κ2) is 6.16. The lowest BCUT2D eigenvalue weighted by Crippen LogP contribution is -2.31. The number of amides is 2. The van der Waals surface area contributed by atoms with Gasteiger partial charge in [0.15, 0.2) is 5.82 Å². The van der Waals surface area contributed by atoms with E-state index in [-0.39, 0.29) is 18.3 Å². The molecule has 10 heteroatoms. The number of aromatic nitrogens is 3. The Bertz CT molecular complexity index is 457. The van der Waals surface area contributed by atoms with Crippen LogP contribution in [0.3, 0.4) is 0 Å². The zero-order valence-corrected chi connectivity index (χ0v) is 9.99. The van der Waals surface area contributed by atoms with Gasteiger partial charge >= 0.3 is 6.18 Å². The summed E-state index contributed by atoms with van der Waals surface area (Å²) in [6.45, 7) is 0.461. The molecule has 0 saturated heterocycles. The van der Waals surface area contributed by atoms with Crippen molar-refractivity contribution in [2.24, 2.45) is 0 Å². The van der Waals surface area contributed by atoms with E-state index < -0.39 is 25.0 Å². The van der Waals surface area contributed by atoms with Crippen molar-refractivity contribution >= 4 is 17.6 Å². The lowest BCUT2D eigenvalue weighted by molar-refractivity contribution is -0.135. The Morgan fingerprint density at radius 1 is 1.42 bits per heavy atom. The number of halogens is 3. The Kier molecular flexibility index (Phi) is 4.84. The van der Waals surface area contributed by atoms with Crippen molar-refractivity contribution in [2.75, 3.05) is 11.9 Å². The van der Waals surface area contributed by atoms with Crippen LogP contribution in [0.4, 0.5) is 19.0 Å². The second-order valence-corrected chi connectivity index (χ2v) is 3.66. The van der Waals surface area contributed by atoms with E-state index in [1.54, 1.807) is 0 Å². The normalized spacial score (nSPS) is 11.2. The summed E-state index contributed by atoms with van der Waals surface area (Å²) in [5, 5.41) is 11.8. The number of carbonyl (C=O) groups is 2. The van der Waals surface area contributed by atoms with Crippen molar-refractivity contribution in [3.05, 3.63) is 6.20 Å². The predicted molar refractivity (Wildman–Crippen MR) is 58.0 cm³/mol. The van der Waals surface area contributed by atoms with E-state index in [0.717, 1.165) is 4.80 Å². The highest BCUT2D eigenvalue weighted by Gasteiger charge is 2.26. The molecule has 19 heavy (non-hydrogen) atoms. The fourth-order valence-corrected chi connectivity index (χ4v) is 1.14. The van der Waals surface area contributed by atoms with Gasteiger partial charge in [-0.15, -0.1) is 5.10 Å². The summed E-state index contributed by atoms with van der Waals surface area (Å²) in [6.07, 6.45) is -4.18. The molecule has 1 heterocycles. The number of nitrogens with zero attached hydrogens (tertiary/aromatic N) is 3. The maximum Gasteiger partial charge on any atom is 0.390 e. The first kappa shape index (κ1) is 14.9. The van der Waals surface area contributed by atoms with Crippen molar-refractivity contribution < 1.29 is 22.8 Å². The van der Waals surface area contributed by atoms with Gasteiger partial charge in [-0.3, -0.25) is 9.59 Å². The van der Waals surface area contributed by atoms with Crippen molar-refractivity contribution in [1.29, 1.82) is 0 Å². The van der Waals surface area contributed by atoms with Crippen LogP contribution in [-0.4, -0.2) is 39.5 Å². The minimum atomic E-state index is -4.31. The van der Waals surface area contributed by atoms with Crippen molar-refractivity contribution in [1.82, 2.24) is 20.3 Å². The smallest absolute Gasteiger partial charge is 0.354 e. The summed E-state index contributed by atoms with van der Waals surface area (Å²) >= 11 is 0. The quantitative estimate of drug-likeness (QED) is 0.811. The molecule has 0 aliphatic carbocycles. The van der Waals surface area contributed by atoms with Crippen LogP contribution in [0, 0.1) is 0 Å². The first-order chi connectivity index (χ1) is 8.76. The molecule has 0 radical (unpaired) electrons. The topological polar surface area (TPSA) is 88.9 Å². The minimum absolute atomic E-state index is 0.163. The molecule has 0 aliphatic heterocycles. The lowest BCUT2D eigenvalue weighted by Gasteiger charge is -2.07. The summed E-state index contributed by atoms with van der Waals surface area (Å²) in [6, 6.07) is 0. The molecule has 0 aromatic carbocycles. The standard InChI is InChI=1S/C9H12F3N5O2/c1-6(18)15-7-4-14-17(16-7)5-8(19)13-3-2-9(10,11)12/h4H,2-3,5H2,1H3,(H,13,19)(H,15,16,18). The number of alkyl halides is 3. The molecule has 106 valence electrons. The maximum atomic E-state index is 11.8. The van der Waals surface area contributed by atoms with E-state index in [1.807, 2.05) is 0 Å². The highest BCUT2D eigenvalue weighted by atomic mass is 19.4. The second-order valence-electron chi connectivity index (χ2n) is 3.66. The number of nitrogens with one attached hydrogen (secondary N) is 2. The number of carbonyl (C=O) groups excluding carboxylic acids is 2. The Morgan fingerprint density at radius 2 is 2.11 bits per heavy atom. The third-order valence-corrected chi connectivity index (χ3v) is 1.86. The summed E-state index contributed by atoms with van der Waals surface area (Å²) < 4.78 is 35.5. The van der Waals surface area contributed by atoms with Gasteiger partial charge in [0.05, 0.1) is 12.6 Å². The summed E-state index contributed by atoms with van der Waals surface area (Å²) in [7, 11) is 0. The number of hydrogen-bond donors (Lipinski definition) is 2. The molecular formula is C9H12F3N5O2. The summed E-state index contributed by atoms with van der Waals surface area (Å²) in [5.74, 6) is -0.827. The first-order valence-electron chi connectivity index (χ1n) is 5.27. The van der Waals surface area contributed by atoms with E-state index in [2.05, 4.69) is 20.8 Å². The molecule has 0 saturated carbocycles. The average Bonchev–Trinajstić information content (AvgIpc) is 2.62. The highest BCUT2D eigenvalue weighted by Crippen LogP contribution is 2.17. The van der Waals surface area contributed by atoms with E-state index in [0.29, 0.717) is 0 Å². The van der Waals surface area contributed by atoms with Gasteiger partial charge in [0.1, 0.15) is 6.54 Å². The van der Waals surface area contributed by atoms with Crippen LogP contribution < -0.4 is 10.6 Å². The number of rotatable bonds is 5. The van der Waals surface area contributed by atoms with E-state index in [1.165, 1.54) is 13.1 Å². The number of hydrogen-bond acceptors (Lipinski definition) is 4. The Balaban J connectivity index is 2.36. The summed E-state index contributed by atoms with van der Waals surface area (Å²) in [4.78, 5) is 22.9. The Hall–Kier alpha value is -2.13. The van der Waals surface area contributed by atoms with E-state index in [9.17, 15) is 22.8 Å². The van der Waals surface area contributed by atoms with Gasteiger partial charge in [0.25, 0.3) is 0 Å². The zero-order chi connectivity index (χ0) is 14.5. The highest BCUT2D eigenvalue weighted by molar-refractivity contribution is 5.87. The molecule has 7 nitrogen and oxygen atoms in total. The molecule has 0 bridgehead atoms. The van der Waals surface area contributed by atoms with Crippen molar-refractivity contribution in [2.45, 2.75) is 26.1 Å². The largest absolute Gasteiger partial charge is 0.390 e. The zero-order valence-electron chi connectivity index (χ0n) is 9.99. The van der Waals surface area contributed by atoms with Gasteiger partial charge in [0.2, 0.25) is 11.8 Å². The third-order valence-electron chi connectivity index (χ3n) is 1.86. The SMILES string of the molecule is CC(=O)Nc1cnn(CC(=O)NCCC(F)(F)F)n1. The van der Waals surface area contributed by atoms with Gasteiger partial charge < -0.3 is 10.6 Å². The fraction of sp³-hybridized carbons (Fsp3) is 0.556. The van der Waals surface area contributed by atoms with Crippen LogP contribution in [0.25, 0.3) is 0 Å². The fourth-order valence-electron chi connectivity index (χ4n) is 1.14. The summed E-state index contributed by atoms with van der Waals surface area (Å²) in [5.41, 5.74) is 0. The van der Waals surface area contributed by atoms with Crippen LogP contribution in [0.2, 0.25) is 0 Å². The average molecular weight is 279 g/mol. The molecule has 1 aromatic rings. The van der Waals surface area contributed by atoms with Crippen LogP contribution in [0.15, 0.2) is 6.20 Å². The van der Waals surface area contributed by atoms with Gasteiger partial charge in [-0.25, -0.2) is 0 Å². The molecule has 1 rings (SSSR count).